The van der Waals surface area contributed by atoms with E-state index in [0.717, 1.165) is 36.6 Å². The molecule has 2 aromatic carbocycles. The lowest BCUT2D eigenvalue weighted by Crippen LogP contribution is -2.38. The molecule has 0 aliphatic heterocycles. The molecule has 2 heterocycles. The zero-order valence-corrected chi connectivity index (χ0v) is 22.5. The number of hydrogen-bond acceptors (Lipinski definition) is 7. The first-order chi connectivity index (χ1) is 18.9. The Bertz CT molecular complexity index is 1540. The smallest absolute Gasteiger partial charge is 0.148 e. The van der Waals surface area contributed by atoms with Crippen LogP contribution in [0.4, 0.5) is 15.8 Å². The number of benzene rings is 2. The van der Waals surface area contributed by atoms with Gasteiger partial charge in [-0.1, -0.05) is 48.2 Å². The van der Waals surface area contributed by atoms with E-state index in [1.807, 2.05) is 30.9 Å². The quantitative estimate of drug-likeness (QED) is 0.212. The first-order valence-electron chi connectivity index (χ1n) is 13.4. The molecule has 0 radical (unpaired) electrons. The van der Waals surface area contributed by atoms with Crippen LogP contribution in [-0.2, 0) is 5.44 Å². The number of nitrogens with zero attached hydrogens (tertiary/aromatic N) is 5. The van der Waals surface area contributed by atoms with Crippen molar-refractivity contribution >= 4 is 41.7 Å². The van der Waals surface area contributed by atoms with Crippen LogP contribution >= 0.6 is 11.6 Å². The maximum absolute atomic E-state index is 13.9. The number of nitrogens with one attached hydrogen (secondary N) is 3. The number of fused-ring (bicyclic) bond motifs is 1. The minimum atomic E-state index is -0.841. The van der Waals surface area contributed by atoms with Gasteiger partial charge in [0, 0.05) is 23.3 Å². The summed E-state index contributed by atoms with van der Waals surface area (Å²) in [5, 5.41) is 23.5. The lowest BCUT2D eigenvalue weighted by molar-refractivity contribution is 0.393. The van der Waals surface area contributed by atoms with E-state index in [1.165, 1.54) is 31.4 Å². The summed E-state index contributed by atoms with van der Waals surface area (Å²) >= 11 is 6.76. The van der Waals surface area contributed by atoms with Crippen LogP contribution in [-0.4, -0.2) is 33.9 Å². The zero-order valence-electron chi connectivity index (χ0n) is 21.7. The van der Waals surface area contributed by atoms with Gasteiger partial charge in [0.15, 0.2) is 0 Å². The summed E-state index contributed by atoms with van der Waals surface area (Å²) in [6, 6.07) is 13.1. The Hall–Kier alpha value is -3.68. The highest BCUT2D eigenvalue weighted by Crippen LogP contribution is 2.38. The summed E-state index contributed by atoms with van der Waals surface area (Å²) in [6.45, 7) is 0. The molecule has 6 rings (SSSR count). The van der Waals surface area contributed by atoms with Gasteiger partial charge >= 0.3 is 0 Å². The van der Waals surface area contributed by atoms with Gasteiger partial charge in [-0.05, 0) is 55.5 Å². The fourth-order valence-corrected chi connectivity index (χ4v) is 5.62. The van der Waals surface area contributed by atoms with Crippen molar-refractivity contribution < 1.29 is 4.39 Å². The van der Waals surface area contributed by atoms with Gasteiger partial charge in [-0.25, -0.2) is 14.5 Å². The van der Waals surface area contributed by atoms with E-state index in [4.69, 9.17) is 11.6 Å². The van der Waals surface area contributed by atoms with E-state index >= 15 is 0 Å². The van der Waals surface area contributed by atoms with Crippen LogP contribution in [0.1, 0.15) is 67.8 Å². The van der Waals surface area contributed by atoms with Gasteiger partial charge in [0.05, 0.1) is 39.5 Å². The molecule has 2 aliphatic carbocycles. The SMILES string of the molecule is BC(Nc1cc(Cl)c2ncc(C#N)c(NNC3CCCCC3)c2c1)(c1ccc(F)cc1)c1cn(C2CC2)nn1. The van der Waals surface area contributed by atoms with E-state index in [9.17, 15) is 9.65 Å². The average molecular weight is 543 g/mol. The molecule has 2 aromatic heterocycles. The molecule has 0 bridgehead atoms. The van der Waals surface area contributed by atoms with Crippen molar-refractivity contribution in [3.63, 3.8) is 0 Å². The summed E-state index contributed by atoms with van der Waals surface area (Å²) in [7, 11) is 1.99. The monoisotopic (exact) mass is 542 g/mol. The van der Waals surface area contributed by atoms with Gasteiger partial charge in [-0.3, -0.25) is 4.98 Å². The molecule has 0 amide bonds. The van der Waals surface area contributed by atoms with Crippen LogP contribution in [0.5, 0.6) is 0 Å². The third-order valence-electron chi connectivity index (χ3n) is 7.81. The number of hydrogen-bond donors (Lipinski definition) is 3. The molecular formula is C28H29BClFN8. The van der Waals surface area contributed by atoms with E-state index in [2.05, 4.69) is 37.5 Å². The van der Waals surface area contributed by atoms with Gasteiger partial charge in [0.25, 0.3) is 0 Å². The molecule has 2 aliphatic rings. The second-order valence-corrected chi connectivity index (χ2v) is 11.1. The number of nitriles is 1. The molecule has 1 unspecified atom stereocenters. The molecule has 11 heteroatoms. The van der Waals surface area contributed by atoms with E-state index in [-0.39, 0.29) is 5.82 Å². The predicted octanol–water partition coefficient (Wildman–Crippen LogP) is 5.02. The molecule has 0 saturated heterocycles. The summed E-state index contributed by atoms with van der Waals surface area (Å²) in [6.07, 6.45) is 11.5. The first kappa shape index (κ1) is 25.6. The fourth-order valence-electron chi connectivity index (χ4n) is 5.35. The molecule has 1 atom stereocenters. The number of anilines is 2. The fraction of sp³-hybridized carbons (Fsp3) is 0.357. The molecule has 3 N–H and O–H groups in total. The average Bonchev–Trinajstić information content (AvgIpc) is 3.68. The number of aromatic nitrogens is 4. The summed E-state index contributed by atoms with van der Waals surface area (Å²) in [4.78, 5) is 4.48. The maximum atomic E-state index is 13.9. The minimum Gasteiger partial charge on any atom is -0.378 e. The lowest BCUT2D eigenvalue weighted by atomic mass is 9.69. The van der Waals surface area contributed by atoms with Crippen molar-refractivity contribution in [1.29, 1.82) is 5.26 Å². The van der Waals surface area contributed by atoms with E-state index < -0.39 is 5.44 Å². The van der Waals surface area contributed by atoms with Crippen molar-refractivity contribution in [3.05, 3.63) is 76.5 Å². The highest BCUT2D eigenvalue weighted by atomic mass is 35.5. The summed E-state index contributed by atoms with van der Waals surface area (Å²) in [5.74, 6) is -0.312. The number of pyridine rings is 1. The molecule has 39 heavy (non-hydrogen) atoms. The maximum Gasteiger partial charge on any atom is 0.148 e. The summed E-state index contributed by atoms with van der Waals surface area (Å²) in [5.41, 5.74) is 9.79. The Balaban J connectivity index is 1.40. The highest BCUT2D eigenvalue weighted by molar-refractivity contribution is 6.36. The second kappa shape index (κ2) is 10.5. The van der Waals surface area contributed by atoms with Crippen molar-refractivity contribution in [2.24, 2.45) is 0 Å². The Morgan fingerprint density at radius 1 is 1.10 bits per heavy atom. The second-order valence-electron chi connectivity index (χ2n) is 10.7. The van der Waals surface area contributed by atoms with Gasteiger partial charge < -0.3 is 10.7 Å². The van der Waals surface area contributed by atoms with E-state index in [1.54, 1.807) is 18.3 Å². The van der Waals surface area contributed by atoms with Crippen LogP contribution in [0, 0.1) is 17.1 Å². The molecular weight excluding hydrogens is 514 g/mol. The van der Waals surface area contributed by atoms with Gasteiger partial charge in [0.2, 0.25) is 0 Å². The topological polar surface area (TPSA) is 103 Å². The Morgan fingerprint density at radius 3 is 2.59 bits per heavy atom. The number of halogens is 2. The van der Waals surface area contributed by atoms with E-state index in [0.29, 0.717) is 45.3 Å². The minimum absolute atomic E-state index is 0.312. The van der Waals surface area contributed by atoms with Gasteiger partial charge in [0.1, 0.15) is 25.4 Å². The van der Waals surface area contributed by atoms with Gasteiger partial charge in [-0.2, -0.15) is 5.26 Å². The number of rotatable bonds is 8. The van der Waals surface area contributed by atoms with Gasteiger partial charge in [-0.15, -0.1) is 5.10 Å². The van der Waals surface area contributed by atoms with Crippen molar-refractivity contribution in [2.45, 2.75) is 62.5 Å². The Morgan fingerprint density at radius 2 is 1.87 bits per heavy atom. The highest BCUT2D eigenvalue weighted by Gasteiger charge is 2.34. The summed E-state index contributed by atoms with van der Waals surface area (Å²) < 4.78 is 15.8. The van der Waals surface area contributed by atoms with Crippen LogP contribution in [0.15, 0.2) is 48.8 Å². The molecule has 2 fully saturated rings. The van der Waals surface area contributed by atoms with Crippen LogP contribution in [0.2, 0.25) is 5.02 Å². The van der Waals surface area contributed by atoms with Crippen molar-refractivity contribution in [2.75, 3.05) is 10.7 Å². The number of hydrazine groups is 1. The molecule has 198 valence electrons. The Kier molecular flexibility index (Phi) is 6.87. The third kappa shape index (κ3) is 5.17. The Labute approximate surface area is 232 Å². The normalized spacial score (nSPS) is 17.5. The lowest BCUT2D eigenvalue weighted by Gasteiger charge is -2.31. The van der Waals surface area contributed by atoms with Crippen LogP contribution < -0.4 is 16.2 Å². The van der Waals surface area contributed by atoms with Crippen LogP contribution in [0.25, 0.3) is 10.9 Å². The molecule has 4 aromatic rings. The van der Waals surface area contributed by atoms with Crippen LogP contribution in [0.3, 0.4) is 0 Å². The molecule has 0 spiro atoms. The molecule has 8 nitrogen and oxygen atoms in total. The van der Waals surface area contributed by atoms with Crippen molar-refractivity contribution in [1.82, 2.24) is 25.4 Å². The predicted molar refractivity (Wildman–Crippen MR) is 153 cm³/mol. The van der Waals surface area contributed by atoms with Crippen molar-refractivity contribution in [3.8, 4) is 6.07 Å². The molecule has 2 saturated carbocycles. The third-order valence-corrected chi connectivity index (χ3v) is 8.10. The zero-order chi connectivity index (χ0) is 27.0. The standard InChI is InChI=1S/C28H29BClFN8/c29-28(18-6-8-19(31)9-7-18,25-16-39(38-36-25)22-10-11-22)34-21-12-23-26(37-35-20-4-2-1-3-5-20)17(14-32)15-33-27(23)24(30)13-21/h6-9,12-13,15-16,20,22,34-35H,1-5,10-11,29H2,(H,33,37). The first-order valence-corrected chi connectivity index (χ1v) is 13.8. The largest absolute Gasteiger partial charge is 0.378 e.